The molecule has 0 fully saturated rings. The van der Waals surface area contributed by atoms with Crippen molar-refractivity contribution in [3.63, 3.8) is 0 Å². The predicted molar refractivity (Wildman–Crippen MR) is 130 cm³/mol. The number of hydrogen-bond acceptors (Lipinski definition) is 3. The molecule has 0 aromatic carbocycles. The molecule has 0 bridgehead atoms. The van der Waals surface area contributed by atoms with E-state index in [0.29, 0.717) is 6.42 Å². The number of unbranched alkanes of at least 4 members (excludes halogenated alkanes) is 18. The summed E-state index contributed by atoms with van der Waals surface area (Å²) in [5.41, 5.74) is 0. The fraction of sp³-hybridized carbons (Fsp3) is 0.963. The summed E-state index contributed by atoms with van der Waals surface area (Å²) < 4.78 is 4.52. The highest BCUT2D eigenvalue weighted by Gasteiger charge is 2.13. The number of carbonyl (C=O) groups is 1. The Bertz CT molecular complexity index is 354. The van der Waals surface area contributed by atoms with E-state index in [4.69, 9.17) is 0 Å². The Labute approximate surface area is 188 Å². The largest absolute Gasteiger partial charge is 0.467 e. The Morgan fingerprint density at radius 2 is 0.833 bits per heavy atom. The molecule has 3 heteroatoms. The maximum absolute atomic E-state index is 11.1. The third-order valence-electron chi connectivity index (χ3n) is 6.23. The Morgan fingerprint density at radius 1 is 0.567 bits per heavy atom. The van der Waals surface area contributed by atoms with Crippen LogP contribution in [0, 0.1) is 5.92 Å². The van der Waals surface area contributed by atoms with Gasteiger partial charge < -0.3 is 9.84 Å². The highest BCUT2D eigenvalue weighted by atomic mass is 16.5. The zero-order valence-corrected chi connectivity index (χ0v) is 20.8. The van der Waals surface area contributed by atoms with E-state index in [1.807, 2.05) is 0 Å². The highest BCUT2D eigenvalue weighted by molar-refractivity contribution is 5.74. The minimum Gasteiger partial charge on any atom is -0.467 e. The molecule has 0 aliphatic carbocycles. The van der Waals surface area contributed by atoms with Gasteiger partial charge in [0.25, 0.3) is 0 Å². The molecule has 1 atom stereocenters. The summed E-state index contributed by atoms with van der Waals surface area (Å²) in [6, 6.07) is 0. The average molecular weight is 427 g/mol. The number of hydrogen-bond donors (Lipinski definition) is 1. The van der Waals surface area contributed by atoms with Crippen molar-refractivity contribution in [1.82, 2.24) is 0 Å². The second-order valence-corrected chi connectivity index (χ2v) is 9.73. The van der Waals surface area contributed by atoms with Crippen LogP contribution in [0.2, 0.25) is 0 Å². The van der Waals surface area contributed by atoms with Gasteiger partial charge in [-0.1, -0.05) is 142 Å². The van der Waals surface area contributed by atoms with Gasteiger partial charge in [0.15, 0.2) is 6.10 Å². The number of esters is 1. The van der Waals surface area contributed by atoms with E-state index in [1.54, 1.807) is 0 Å². The van der Waals surface area contributed by atoms with Gasteiger partial charge in [0.2, 0.25) is 0 Å². The molecule has 0 aromatic rings. The van der Waals surface area contributed by atoms with E-state index in [9.17, 15) is 9.90 Å². The van der Waals surface area contributed by atoms with E-state index >= 15 is 0 Å². The van der Waals surface area contributed by atoms with Crippen LogP contribution in [0.15, 0.2) is 0 Å². The topological polar surface area (TPSA) is 46.5 Å². The van der Waals surface area contributed by atoms with Crippen molar-refractivity contribution in [1.29, 1.82) is 0 Å². The van der Waals surface area contributed by atoms with Crippen molar-refractivity contribution in [3.05, 3.63) is 0 Å². The van der Waals surface area contributed by atoms with Gasteiger partial charge in [-0.05, 0) is 12.3 Å². The van der Waals surface area contributed by atoms with Crippen LogP contribution in [-0.2, 0) is 9.53 Å². The highest BCUT2D eigenvalue weighted by Crippen LogP contribution is 2.16. The predicted octanol–water partition coefficient (Wildman–Crippen LogP) is 8.37. The van der Waals surface area contributed by atoms with Crippen LogP contribution in [0.4, 0.5) is 0 Å². The van der Waals surface area contributed by atoms with Crippen molar-refractivity contribution in [3.8, 4) is 0 Å². The maximum atomic E-state index is 11.1. The van der Waals surface area contributed by atoms with Gasteiger partial charge in [0.1, 0.15) is 0 Å². The molecule has 30 heavy (non-hydrogen) atoms. The second kappa shape index (κ2) is 23.1. The SMILES string of the molecule is COC(=O)C(O)CCCCCCCCCCCCCCCCCCCCCC(C)C. The van der Waals surface area contributed by atoms with E-state index < -0.39 is 12.1 Å². The molecule has 3 nitrogen and oxygen atoms in total. The summed E-state index contributed by atoms with van der Waals surface area (Å²) in [5.74, 6) is 0.376. The summed E-state index contributed by atoms with van der Waals surface area (Å²) in [4.78, 5) is 11.1. The van der Waals surface area contributed by atoms with Gasteiger partial charge in [-0.2, -0.15) is 0 Å². The number of aliphatic hydroxyl groups is 1. The second-order valence-electron chi connectivity index (χ2n) is 9.73. The van der Waals surface area contributed by atoms with Crippen molar-refractivity contribution in [2.75, 3.05) is 7.11 Å². The Morgan fingerprint density at radius 3 is 1.10 bits per heavy atom. The van der Waals surface area contributed by atoms with Crippen molar-refractivity contribution < 1.29 is 14.6 Å². The van der Waals surface area contributed by atoms with Gasteiger partial charge >= 0.3 is 5.97 Å². The lowest BCUT2D eigenvalue weighted by atomic mass is 10.0. The number of methoxy groups -OCH3 is 1. The lowest BCUT2D eigenvalue weighted by Gasteiger charge is -2.07. The molecule has 0 aromatic heterocycles. The van der Waals surface area contributed by atoms with Gasteiger partial charge in [-0.25, -0.2) is 4.79 Å². The molecule has 1 N–H and O–H groups in total. The summed E-state index contributed by atoms with van der Waals surface area (Å²) in [6.45, 7) is 4.66. The minimum absolute atomic E-state index is 0.502. The Hall–Kier alpha value is -0.570. The zero-order valence-electron chi connectivity index (χ0n) is 20.8. The molecule has 0 spiro atoms. The Balaban J connectivity index is 3.09. The van der Waals surface area contributed by atoms with Crippen molar-refractivity contribution in [2.45, 2.75) is 155 Å². The smallest absolute Gasteiger partial charge is 0.334 e. The third-order valence-corrected chi connectivity index (χ3v) is 6.23. The first kappa shape index (κ1) is 29.4. The van der Waals surface area contributed by atoms with Gasteiger partial charge in [0.05, 0.1) is 7.11 Å². The van der Waals surface area contributed by atoms with Crippen LogP contribution in [0.5, 0.6) is 0 Å². The molecule has 0 radical (unpaired) electrons. The maximum Gasteiger partial charge on any atom is 0.334 e. The third kappa shape index (κ3) is 22.1. The van der Waals surface area contributed by atoms with Crippen molar-refractivity contribution >= 4 is 5.97 Å². The molecule has 0 aliphatic rings. The molecule has 0 rings (SSSR count). The standard InChI is InChI=1S/C27H54O3/c1-25(2)23-21-19-17-15-13-11-9-7-5-4-6-8-10-12-14-16-18-20-22-24-26(28)27(29)30-3/h25-26,28H,4-24H2,1-3H3. The van der Waals surface area contributed by atoms with Gasteiger partial charge in [-0.15, -0.1) is 0 Å². The molecular formula is C27H54O3. The summed E-state index contributed by atoms with van der Waals surface area (Å²) >= 11 is 0. The fourth-order valence-electron chi connectivity index (χ4n) is 4.15. The zero-order chi connectivity index (χ0) is 22.3. The summed E-state index contributed by atoms with van der Waals surface area (Å²) in [6.07, 6.45) is 26.9. The van der Waals surface area contributed by atoms with Crippen LogP contribution in [0.25, 0.3) is 0 Å². The molecule has 1 unspecified atom stereocenters. The monoisotopic (exact) mass is 426 g/mol. The van der Waals surface area contributed by atoms with Crippen molar-refractivity contribution in [2.24, 2.45) is 5.92 Å². The van der Waals surface area contributed by atoms with Crippen LogP contribution >= 0.6 is 0 Å². The molecule has 0 aliphatic heterocycles. The summed E-state index contributed by atoms with van der Waals surface area (Å²) in [7, 11) is 1.32. The molecule has 0 saturated heterocycles. The lowest BCUT2D eigenvalue weighted by molar-refractivity contribution is -0.150. The fourth-order valence-corrected chi connectivity index (χ4v) is 4.15. The van der Waals surface area contributed by atoms with E-state index in [1.165, 1.54) is 123 Å². The van der Waals surface area contributed by atoms with E-state index in [0.717, 1.165) is 18.8 Å². The number of ether oxygens (including phenoxy) is 1. The summed E-state index contributed by atoms with van der Waals surface area (Å²) in [5, 5.41) is 9.51. The normalized spacial score (nSPS) is 12.4. The molecule has 0 amide bonds. The van der Waals surface area contributed by atoms with E-state index in [2.05, 4.69) is 18.6 Å². The Kier molecular flexibility index (Phi) is 22.7. The quantitative estimate of drug-likeness (QED) is 0.132. The molecular weight excluding hydrogens is 372 g/mol. The van der Waals surface area contributed by atoms with Crippen LogP contribution < -0.4 is 0 Å². The average Bonchev–Trinajstić information content (AvgIpc) is 2.73. The minimum atomic E-state index is -0.931. The first-order chi connectivity index (χ1) is 14.6. The first-order valence-electron chi connectivity index (χ1n) is 13.3. The number of rotatable bonds is 23. The lowest BCUT2D eigenvalue weighted by Crippen LogP contribution is -2.21. The number of aliphatic hydroxyl groups excluding tert-OH is 1. The van der Waals surface area contributed by atoms with E-state index in [-0.39, 0.29) is 0 Å². The first-order valence-corrected chi connectivity index (χ1v) is 13.3. The molecule has 180 valence electrons. The number of carbonyl (C=O) groups excluding carboxylic acids is 1. The van der Waals surface area contributed by atoms with Crippen LogP contribution in [0.1, 0.15) is 149 Å². The van der Waals surface area contributed by atoms with Gasteiger partial charge in [0, 0.05) is 0 Å². The molecule has 0 saturated carbocycles. The van der Waals surface area contributed by atoms with Crippen LogP contribution in [0.3, 0.4) is 0 Å². The van der Waals surface area contributed by atoms with Crippen LogP contribution in [-0.4, -0.2) is 24.3 Å². The molecule has 0 heterocycles. The van der Waals surface area contributed by atoms with Gasteiger partial charge in [-0.3, -0.25) is 0 Å².